The summed E-state index contributed by atoms with van der Waals surface area (Å²) in [5.74, 6) is -0.0813. The van der Waals surface area contributed by atoms with Gasteiger partial charge >= 0.3 is 0 Å². The van der Waals surface area contributed by atoms with Crippen molar-refractivity contribution in [2.75, 3.05) is 13.2 Å². The van der Waals surface area contributed by atoms with E-state index >= 15 is 0 Å². The molecule has 104 valence electrons. The molecule has 20 heavy (non-hydrogen) atoms. The lowest BCUT2D eigenvalue weighted by Gasteiger charge is -2.23. The Morgan fingerprint density at radius 1 is 0.950 bits per heavy atom. The quantitative estimate of drug-likeness (QED) is 0.616. The zero-order chi connectivity index (χ0) is 14.2. The van der Waals surface area contributed by atoms with Crippen LogP contribution in [0.3, 0.4) is 0 Å². The monoisotopic (exact) mass is 268 g/mol. The zero-order valence-electron chi connectivity index (χ0n) is 11.5. The third-order valence-corrected chi connectivity index (χ3v) is 3.23. The summed E-state index contributed by atoms with van der Waals surface area (Å²) in [6.45, 7) is 4.36. The van der Waals surface area contributed by atoms with Crippen molar-refractivity contribution in [1.29, 1.82) is 0 Å². The van der Waals surface area contributed by atoms with Crippen molar-refractivity contribution in [3.05, 3.63) is 84.4 Å². The molecule has 0 spiro atoms. The molecule has 2 nitrogen and oxygen atoms in total. The second-order valence-electron chi connectivity index (χ2n) is 4.69. The topological polar surface area (TPSA) is 29.5 Å². The maximum absolute atomic E-state index is 10.5. The third kappa shape index (κ3) is 3.80. The van der Waals surface area contributed by atoms with E-state index in [1.165, 1.54) is 0 Å². The maximum atomic E-state index is 10.5. The van der Waals surface area contributed by atoms with Crippen LogP contribution in [0.2, 0.25) is 0 Å². The molecule has 2 aromatic carbocycles. The summed E-state index contributed by atoms with van der Waals surface area (Å²) < 4.78 is 5.40. The van der Waals surface area contributed by atoms with E-state index in [0.717, 1.165) is 11.1 Å². The van der Waals surface area contributed by atoms with E-state index in [-0.39, 0.29) is 5.92 Å². The van der Waals surface area contributed by atoms with Crippen LogP contribution in [-0.4, -0.2) is 24.4 Å². The van der Waals surface area contributed by atoms with Crippen LogP contribution >= 0.6 is 0 Å². The highest BCUT2D eigenvalue weighted by atomic mass is 16.5. The van der Waals surface area contributed by atoms with Crippen LogP contribution in [0, 0.1) is 0 Å². The van der Waals surface area contributed by atoms with Crippen molar-refractivity contribution in [2.45, 2.75) is 12.0 Å². The predicted molar refractivity (Wildman–Crippen MR) is 81.7 cm³/mol. The van der Waals surface area contributed by atoms with E-state index < -0.39 is 6.10 Å². The lowest BCUT2D eigenvalue weighted by Crippen LogP contribution is -2.25. The highest BCUT2D eigenvalue weighted by Gasteiger charge is 2.22. The Bertz CT molecular complexity index is 468. The molecule has 2 heteroatoms. The van der Waals surface area contributed by atoms with Gasteiger partial charge in [-0.25, -0.2) is 0 Å². The molecule has 0 aliphatic heterocycles. The fourth-order valence-electron chi connectivity index (χ4n) is 2.33. The molecule has 0 amide bonds. The largest absolute Gasteiger partial charge is 0.390 e. The molecule has 0 fully saturated rings. The van der Waals surface area contributed by atoms with Gasteiger partial charge in [0.05, 0.1) is 19.3 Å². The normalized spacial score (nSPS) is 12.3. The number of hydrogen-bond donors (Lipinski definition) is 1. The minimum absolute atomic E-state index is 0.0813. The van der Waals surface area contributed by atoms with Crippen LogP contribution in [0.5, 0.6) is 0 Å². The van der Waals surface area contributed by atoms with Gasteiger partial charge in [0.1, 0.15) is 0 Å². The second-order valence-corrected chi connectivity index (χ2v) is 4.69. The Kier molecular flexibility index (Phi) is 5.54. The van der Waals surface area contributed by atoms with Gasteiger partial charge in [-0.05, 0) is 11.1 Å². The van der Waals surface area contributed by atoms with Crippen molar-refractivity contribution in [1.82, 2.24) is 0 Å². The minimum Gasteiger partial charge on any atom is -0.390 e. The first-order valence-corrected chi connectivity index (χ1v) is 6.79. The summed E-state index contributed by atoms with van der Waals surface area (Å²) in [4.78, 5) is 0. The number of hydrogen-bond acceptors (Lipinski definition) is 2. The molecule has 2 aromatic rings. The van der Waals surface area contributed by atoms with Gasteiger partial charge in [0.25, 0.3) is 0 Å². The molecule has 0 radical (unpaired) electrons. The first-order chi connectivity index (χ1) is 9.83. The van der Waals surface area contributed by atoms with Crippen LogP contribution in [0.15, 0.2) is 73.3 Å². The van der Waals surface area contributed by atoms with Crippen molar-refractivity contribution < 1.29 is 9.84 Å². The molecule has 0 heterocycles. The van der Waals surface area contributed by atoms with Gasteiger partial charge < -0.3 is 9.84 Å². The average molecular weight is 268 g/mol. The van der Waals surface area contributed by atoms with Crippen molar-refractivity contribution >= 4 is 0 Å². The summed E-state index contributed by atoms with van der Waals surface area (Å²) in [5.41, 5.74) is 2.18. The number of aliphatic hydroxyl groups excluding tert-OH is 1. The summed E-state index contributed by atoms with van der Waals surface area (Å²) in [5, 5.41) is 10.5. The highest BCUT2D eigenvalue weighted by molar-refractivity contribution is 5.33. The summed E-state index contributed by atoms with van der Waals surface area (Å²) in [6.07, 6.45) is 1.10. The number of benzene rings is 2. The smallest absolute Gasteiger partial charge is 0.0882 e. The number of ether oxygens (including phenoxy) is 1. The molecule has 1 atom stereocenters. The summed E-state index contributed by atoms with van der Waals surface area (Å²) in [6, 6.07) is 20.1. The molecule has 0 aliphatic rings. The first kappa shape index (κ1) is 14.5. The Morgan fingerprint density at radius 3 is 1.90 bits per heavy atom. The Balaban J connectivity index is 2.23. The molecule has 0 aromatic heterocycles. The van der Waals surface area contributed by atoms with E-state index in [0.29, 0.717) is 13.2 Å². The molecule has 1 unspecified atom stereocenters. The number of aliphatic hydroxyl groups is 1. The van der Waals surface area contributed by atoms with Gasteiger partial charge in [-0.2, -0.15) is 0 Å². The van der Waals surface area contributed by atoms with Crippen LogP contribution in [0.4, 0.5) is 0 Å². The summed E-state index contributed by atoms with van der Waals surface area (Å²) in [7, 11) is 0. The third-order valence-electron chi connectivity index (χ3n) is 3.23. The maximum Gasteiger partial charge on any atom is 0.0882 e. The van der Waals surface area contributed by atoms with Crippen LogP contribution in [-0.2, 0) is 4.74 Å². The lowest BCUT2D eigenvalue weighted by atomic mass is 9.87. The van der Waals surface area contributed by atoms with Crippen LogP contribution < -0.4 is 0 Å². The Labute approximate surface area is 120 Å². The van der Waals surface area contributed by atoms with Crippen molar-refractivity contribution in [3.8, 4) is 0 Å². The SMILES string of the molecule is C=CCOCC(O)C(c1ccccc1)c1ccccc1. The standard InChI is InChI=1S/C18H20O2/c1-2-13-20-14-17(19)18(15-9-5-3-6-10-15)16-11-7-4-8-12-16/h2-12,17-19H,1,13-14H2. The first-order valence-electron chi connectivity index (χ1n) is 6.79. The second kappa shape index (κ2) is 7.63. The van der Waals surface area contributed by atoms with Gasteiger partial charge in [0.2, 0.25) is 0 Å². The van der Waals surface area contributed by atoms with E-state index in [1.54, 1.807) is 6.08 Å². The highest BCUT2D eigenvalue weighted by Crippen LogP contribution is 2.28. The fourth-order valence-corrected chi connectivity index (χ4v) is 2.33. The Hall–Kier alpha value is -1.90. The van der Waals surface area contributed by atoms with E-state index in [9.17, 15) is 5.11 Å². The van der Waals surface area contributed by atoms with Gasteiger partial charge in [-0.1, -0.05) is 66.7 Å². The van der Waals surface area contributed by atoms with E-state index in [2.05, 4.69) is 6.58 Å². The molecule has 2 rings (SSSR count). The van der Waals surface area contributed by atoms with Crippen LogP contribution in [0.1, 0.15) is 17.0 Å². The van der Waals surface area contributed by atoms with Crippen LogP contribution in [0.25, 0.3) is 0 Å². The molecule has 0 bridgehead atoms. The van der Waals surface area contributed by atoms with Crippen molar-refractivity contribution in [3.63, 3.8) is 0 Å². The van der Waals surface area contributed by atoms with Gasteiger partial charge in [0, 0.05) is 5.92 Å². The van der Waals surface area contributed by atoms with Gasteiger partial charge in [-0.3, -0.25) is 0 Å². The number of rotatable bonds is 7. The fraction of sp³-hybridized carbons (Fsp3) is 0.222. The molecular formula is C18H20O2. The van der Waals surface area contributed by atoms with Gasteiger partial charge in [-0.15, -0.1) is 6.58 Å². The van der Waals surface area contributed by atoms with E-state index in [1.807, 2.05) is 60.7 Å². The molecular weight excluding hydrogens is 248 g/mol. The lowest BCUT2D eigenvalue weighted by molar-refractivity contribution is 0.0402. The molecule has 0 saturated heterocycles. The van der Waals surface area contributed by atoms with E-state index in [4.69, 9.17) is 4.74 Å². The molecule has 1 N–H and O–H groups in total. The minimum atomic E-state index is -0.584. The summed E-state index contributed by atoms with van der Waals surface area (Å²) >= 11 is 0. The molecule has 0 saturated carbocycles. The average Bonchev–Trinajstić information content (AvgIpc) is 2.50. The predicted octanol–water partition coefficient (Wildman–Crippen LogP) is 3.38. The zero-order valence-corrected chi connectivity index (χ0v) is 11.5. The van der Waals surface area contributed by atoms with Gasteiger partial charge in [0.15, 0.2) is 0 Å². The Morgan fingerprint density at radius 2 is 1.45 bits per heavy atom. The molecule has 0 aliphatic carbocycles. The van der Waals surface area contributed by atoms with Crippen molar-refractivity contribution in [2.24, 2.45) is 0 Å².